The Morgan fingerprint density at radius 1 is 1.25 bits per heavy atom. The van der Waals surface area contributed by atoms with Crippen molar-refractivity contribution in [1.82, 2.24) is 4.90 Å². The van der Waals surface area contributed by atoms with Crippen LogP contribution in [0.4, 0.5) is 0 Å². The van der Waals surface area contributed by atoms with Crippen LogP contribution >= 0.6 is 0 Å². The SMILES string of the molecule is CCCCN(CCC(C)C)C(=O)CCCN. The number of hydrogen-bond acceptors (Lipinski definition) is 2. The summed E-state index contributed by atoms with van der Waals surface area (Å²) in [7, 11) is 0. The lowest BCUT2D eigenvalue weighted by atomic mass is 10.1. The van der Waals surface area contributed by atoms with Crippen LogP contribution in [0.5, 0.6) is 0 Å². The molecule has 0 bridgehead atoms. The van der Waals surface area contributed by atoms with Gasteiger partial charge in [-0.15, -0.1) is 0 Å². The van der Waals surface area contributed by atoms with Crippen molar-refractivity contribution in [2.75, 3.05) is 19.6 Å². The van der Waals surface area contributed by atoms with Gasteiger partial charge in [-0.05, 0) is 31.7 Å². The molecule has 0 radical (unpaired) electrons. The minimum atomic E-state index is 0.277. The summed E-state index contributed by atoms with van der Waals surface area (Å²) in [4.78, 5) is 13.9. The largest absolute Gasteiger partial charge is 0.343 e. The molecule has 0 aromatic carbocycles. The maximum absolute atomic E-state index is 11.9. The molecule has 0 fully saturated rings. The van der Waals surface area contributed by atoms with Crippen LogP contribution in [0.25, 0.3) is 0 Å². The van der Waals surface area contributed by atoms with Crippen molar-refractivity contribution in [3.63, 3.8) is 0 Å². The summed E-state index contributed by atoms with van der Waals surface area (Å²) in [5.41, 5.74) is 5.43. The topological polar surface area (TPSA) is 46.3 Å². The van der Waals surface area contributed by atoms with Crippen molar-refractivity contribution in [2.45, 2.75) is 52.9 Å². The number of carbonyl (C=O) groups excluding carboxylic acids is 1. The minimum Gasteiger partial charge on any atom is -0.343 e. The van der Waals surface area contributed by atoms with E-state index in [1.165, 1.54) is 0 Å². The van der Waals surface area contributed by atoms with Crippen LogP contribution in [-0.2, 0) is 4.79 Å². The molecule has 2 N–H and O–H groups in total. The van der Waals surface area contributed by atoms with Gasteiger partial charge in [0, 0.05) is 19.5 Å². The Morgan fingerprint density at radius 2 is 1.94 bits per heavy atom. The Kier molecular flexibility index (Phi) is 9.30. The Balaban J connectivity index is 4.01. The van der Waals surface area contributed by atoms with Gasteiger partial charge in [-0.25, -0.2) is 0 Å². The van der Waals surface area contributed by atoms with Crippen LogP contribution in [0.3, 0.4) is 0 Å². The van der Waals surface area contributed by atoms with Crippen LogP contribution < -0.4 is 5.73 Å². The Hall–Kier alpha value is -0.570. The molecule has 0 aliphatic carbocycles. The zero-order valence-corrected chi connectivity index (χ0v) is 11.2. The summed E-state index contributed by atoms with van der Waals surface area (Å²) in [5.74, 6) is 0.936. The van der Waals surface area contributed by atoms with Crippen LogP contribution in [0, 0.1) is 5.92 Å². The normalized spacial score (nSPS) is 10.8. The highest BCUT2D eigenvalue weighted by Gasteiger charge is 2.12. The highest BCUT2D eigenvalue weighted by atomic mass is 16.2. The van der Waals surface area contributed by atoms with E-state index in [0.29, 0.717) is 18.9 Å². The van der Waals surface area contributed by atoms with Gasteiger partial charge >= 0.3 is 0 Å². The standard InChI is InChI=1S/C13H28N2O/c1-4-5-10-15(11-8-12(2)3)13(16)7-6-9-14/h12H,4-11,14H2,1-3H3. The van der Waals surface area contributed by atoms with Crippen LogP contribution in [0.15, 0.2) is 0 Å². The summed E-state index contributed by atoms with van der Waals surface area (Å²) in [6.07, 6.45) is 4.76. The predicted molar refractivity (Wildman–Crippen MR) is 69.2 cm³/mol. The van der Waals surface area contributed by atoms with Gasteiger partial charge < -0.3 is 10.6 Å². The second-order valence-corrected chi connectivity index (χ2v) is 4.81. The molecule has 0 unspecified atom stereocenters. The number of hydrogen-bond donors (Lipinski definition) is 1. The molecule has 3 heteroatoms. The van der Waals surface area contributed by atoms with E-state index in [9.17, 15) is 4.79 Å². The molecule has 0 atom stereocenters. The molecule has 0 spiro atoms. The fourth-order valence-electron chi connectivity index (χ4n) is 1.54. The quantitative estimate of drug-likeness (QED) is 0.658. The molecule has 0 aromatic rings. The van der Waals surface area contributed by atoms with Gasteiger partial charge in [0.2, 0.25) is 5.91 Å². The lowest BCUT2D eigenvalue weighted by molar-refractivity contribution is -0.131. The molecular formula is C13H28N2O. The molecule has 0 saturated heterocycles. The lowest BCUT2D eigenvalue weighted by Crippen LogP contribution is -2.33. The molecule has 0 aromatic heterocycles. The number of nitrogens with two attached hydrogens (primary N) is 1. The molecule has 16 heavy (non-hydrogen) atoms. The molecule has 0 aliphatic heterocycles. The molecule has 3 nitrogen and oxygen atoms in total. The van der Waals surface area contributed by atoms with E-state index < -0.39 is 0 Å². The van der Waals surface area contributed by atoms with E-state index in [2.05, 4.69) is 20.8 Å². The number of amides is 1. The molecule has 0 saturated carbocycles. The van der Waals surface area contributed by atoms with E-state index in [1.54, 1.807) is 0 Å². The summed E-state index contributed by atoms with van der Waals surface area (Å²) in [6, 6.07) is 0. The van der Waals surface area contributed by atoms with E-state index in [4.69, 9.17) is 5.73 Å². The molecule has 0 rings (SSSR count). The van der Waals surface area contributed by atoms with Gasteiger partial charge in [-0.3, -0.25) is 4.79 Å². The average molecular weight is 228 g/mol. The number of carbonyl (C=O) groups is 1. The fraction of sp³-hybridized carbons (Fsp3) is 0.923. The predicted octanol–water partition coefficient (Wildman–Crippen LogP) is 2.40. The first-order valence-electron chi connectivity index (χ1n) is 6.59. The third-order valence-electron chi connectivity index (χ3n) is 2.71. The summed E-state index contributed by atoms with van der Waals surface area (Å²) in [6.45, 7) is 8.97. The first kappa shape index (κ1) is 15.4. The first-order valence-corrected chi connectivity index (χ1v) is 6.59. The molecule has 96 valence electrons. The van der Waals surface area contributed by atoms with Gasteiger partial charge in [0.15, 0.2) is 0 Å². The minimum absolute atomic E-state index is 0.277. The Bertz CT molecular complexity index is 181. The molecule has 0 aliphatic rings. The maximum Gasteiger partial charge on any atom is 0.222 e. The molecular weight excluding hydrogens is 200 g/mol. The van der Waals surface area contributed by atoms with Crippen LogP contribution in [0.1, 0.15) is 52.9 Å². The number of nitrogens with zero attached hydrogens (tertiary/aromatic N) is 1. The van der Waals surface area contributed by atoms with Crippen LogP contribution in [-0.4, -0.2) is 30.4 Å². The van der Waals surface area contributed by atoms with E-state index >= 15 is 0 Å². The maximum atomic E-state index is 11.9. The Labute approximate surface area is 100 Å². The zero-order chi connectivity index (χ0) is 12.4. The third-order valence-corrected chi connectivity index (χ3v) is 2.71. The van der Waals surface area contributed by atoms with Gasteiger partial charge in [0.1, 0.15) is 0 Å². The Morgan fingerprint density at radius 3 is 2.44 bits per heavy atom. The second kappa shape index (κ2) is 9.64. The highest BCUT2D eigenvalue weighted by molar-refractivity contribution is 5.76. The van der Waals surface area contributed by atoms with Crippen molar-refractivity contribution in [3.8, 4) is 0 Å². The third kappa shape index (κ3) is 7.69. The van der Waals surface area contributed by atoms with Crippen molar-refractivity contribution in [3.05, 3.63) is 0 Å². The smallest absolute Gasteiger partial charge is 0.222 e. The lowest BCUT2D eigenvalue weighted by Gasteiger charge is -2.23. The molecule has 1 amide bonds. The number of rotatable bonds is 9. The monoisotopic (exact) mass is 228 g/mol. The summed E-state index contributed by atoms with van der Waals surface area (Å²) >= 11 is 0. The highest BCUT2D eigenvalue weighted by Crippen LogP contribution is 2.06. The van der Waals surface area contributed by atoms with E-state index in [-0.39, 0.29) is 5.91 Å². The van der Waals surface area contributed by atoms with Gasteiger partial charge in [-0.1, -0.05) is 27.2 Å². The number of unbranched alkanes of at least 4 members (excludes halogenated alkanes) is 1. The van der Waals surface area contributed by atoms with Crippen molar-refractivity contribution < 1.29 is 4.79 Å². The van der Waals surface area contributed by atoms with Crippen molar-refractivity contribution in [1.29, 1.82) is 0 Å². The van der Waals surface area contributed by atoms with E-state index in [1.807, 2.05) is 4.90 Å². The molecule has 0 heterocycles. The first-order chi connectivity index (χ1) is 7.61. The van der Waals surface area contributed by atoms with Gasteiger partial charge in [0.05, 0.1) is 0 Å². The summed E-state index contributed by atoms with van der Waals surface area (Å²) in [5, 5.41) is 0. The van der Waals surface area contributed by atoms with Gasteiger partial charge in [-0.2, -0.15) is 0 Å². The zero-order valence-electron chi connectivity index (χ0n) is 11.2. The fourth-order valence-corrected chi connectivity index (χ4v) is 1.54. The summed E-state index contributed by atoms with van der Waals surface area (Å²) < 4.78 is 0. The average Bonchev–Trinajstić information content (AvgIpc) is 2.25. The van der Waals surface area contributed by atoms with Crippen LogP contribution in [0.2, 0.25) is 0 Å². The van der Waals surface area contributed by atoms with Gasteiger partial charge in [0.25, 0.3) is 0 Å². The van der Waals surface area contributed by atoms with E-state index in [0.717, 1.165) is 38.8 Å². The van der Waals surface area contributed by atoms with Crippen molar-refractivity contribution in [2.24, 2.45) is 11.7 Å². The second-order valence-electron chi connectivity index (χ2n) is 4.81. The van der Waals surface area contributed by atoms with Crippen molar-refractivity contribution >= 4 is 5.91 Å².